The summed E-state index contributed by atoms with van der Waals surface area (Å²) in [5.41, 5.74) is -0.0405. The number of nitro groups is 1. The minimum absolute atomic E-state index is 0.155. The molecule has 0 saturated carbocycles. The maximum atomic E-state index is 10.6. The number of rotatable bonds is 4. The first-order valence-corrected chi connectivity index (χ1v) is 6.79. The van der Waals surface area contributed by atoms with Crippen LogP contribution in [0.1, 0.15) is 10.4 Å². The molecule has 0 unspecified atom stereocenters. The van der Waals surface area contributed by atoms with E-state index in [1.165, 1.54) is 6.07 Å². The molecule has 0 spiro atoms. The molecule has 1 N–H and O–H groups in total. The van der Waals surface area contributed by atoms with Crippen molar-refractivity contribution in [2.45, 2.75) is 6.54 Å². The van der Waals surface area contributed by atoms with E-state index in [1.54, 1.807) is 11.3 Å². The molecule has 2 aromatic rings. The van der Waals surface area contributed by atoms with Crippen molar-refractivity contribution in [2.75, 3.05) is 5.32 Å². The number of pyridine rings is 1. The van der Waals surface area contributed by atoms with Crippen molar-refractivity contribution in [3.8, 4) is 6.07 Å². The predicted octanol–water partition coefficient (Wildman–Crippen LogP) is 3.30. The summed E-state index contributed by atoms with van der Waals surface area (Å²) >= 11 is 4.96. The molecule has 19 heavy (non-hydrogen) atoms. The van der Waals surface area contributed by atoms with Crippen molar-refractivity contribution in [1.29, 1.82) is 5.26 Å². The third-order valence-corrected chi connectivity index (χ3v) is 4.24. The summed E-state index contributed by atoms with van der Waals surface area (Å²) in [7, 11) is 0. The second-order valence-electron chi connectivity index (χ2n) is 3.50. The Balaban J connectivity index is 2.19. The number of nitriles is 1. The molecule has 0 aliphatic carbocycles. The van der Waals surface area contributed by atoms with E-state index >= 15 is 0 Å². The smallest absolute Gasteiger partial charge is 0.289 e. The van der Waals surface area contributed by atoms with Gasteiger partial charge in [-0.05, 0) is 27.4 Å². The number of halogens is 1. The summed E-state index contributed by atoms with van der Waals surface area (Å²) in [5, 5.41) is 24.5. The number of hydrogen-bond acceptors (Lipinski definition) is 6. The SMILES string of the molecule is N#Cc1cc([N+](=O)[O-])cnc1NCc1sccc1Br. The minimum Gasteiger partial charge on any atom is -0.364 e. The van der Waals surface area contributed by atoms with Crippen LogP contribution in [0.4, 0.5) is 11.5 Å². The zero-order chi connectivity index (χ0) is 13.8. The lowest BCUT2D eigenvalue weighted by Crippen LogP contribution is -2.03. The highest BCUT2D eigenvalue weighted by Gasteiger charge is 2.12. The second kappa shape index (κ2) is 5.77. The molecule has 0 aliphatic rings. The molecule has 0 aromatic carbocycles. The van der Waals surface area contributed by atoms with Gasteiger partial charge < -0.3 is 5.32 Å². The average Bonchev–Trinajstić information content (AvgIpc) is 2.81. The van der Waals surface area contributed by atoms with Gasteiger partial charge in [0.1, 0.15) is 23.6 Å². The van der Waals surface area contributed by atoms with Gasteiger partial charge in [-0.15, -0.1) is 11.3 Å². The highest BCUT2D eigenvalue weighted by molar-refractivity contribution is 9.10. The monoisotopic (exact) mass is 338 g/mol. The van der Waals surface area contributed by atoms with Gasteiger partial charge in [0, 0.05) is 15.4 Å². The Labute approximate surface area is 121 Å². The van der Waals surface area contributed by atoms with Crippen molar-refractivity contribution in [3.63, 3.8) is 0 Å². The summed E-state index contributed by atoms with van der Waals surface area (Å²) in [6.45, 7) is 0.498. The van der Waals surface area contributed by atoms with Gasteiger partial charge in [0.2, 0.25) is 0 Å². The molecule has 0 saturated heterocycles. The molecular formula is C11H7BrN4O2S. The molecule has 0 aliphatic heterocycles. The van der Waals surface area contributed by atoms with Gasteiger partial charge in [-0.25, -0.2) is 4.98 Å². The van der Waals surface area contributed by atoms with Crippen LogP contribution in [0.2, 0.25) is 0 Å². The molecule has 0 amide bonds. The maximum absolute atomic E-state index is 10.6. The number of anilines is 1. The third kappa shape index (κ3) is 3.07. The molecule has 0 bridgehead atoms. The lowest BCUT2D eigenvalue weighted by Gasteiger charge is -2.06. The van der Waals surface area contributed by atoms with Crippen LogP contribution >= 0.6 is 27.3 Å². The quantitative estimate of drug-likeness (QED) is 0.682. The molecule has 96 valence electrons. The van der Waals surface area contributed by atoms with Gasteiger partial charge in [0.05, 0.1) is 11.5 Å². The maximum Gasteiger partial charge on any atom is 0.289 e. The predicted molar refractivity (Wildman–Crippen MR) is 75.0 cm³/mol. The van der Waals surface area contributed by atoms with Crippen LogP contribution in [-0.4, -0.2) is 9.91 Å². The van der Waals surface area contributed by atoms with Crippen molar-refractivity contribution < 1.29 is 4.92 Å². The van der Waals surface area contributed by atoms with E-state index in [9.17, 15) is 10.1 Å². The van der Waals surface area contributed by atoms with Crippen molar-refractivity contribution in [3.05, 3.63) is 48.7 Å². The van der Waals surface area contributed by atoms with E-state index in [0.29, 0.717) is 12.4 Å². The first-order valence-electron chi connectivity index (χ1n) is 5.12. The Morgan fingerprint density at radius 1 is 1.63 bits per heavy atom. The molecule has 2 rings (SSSR count). The summed E-state index contributed by atoms with van der Waals surface area (Å²) in [5.74, 6) is 0.341. The summed E-state index contributed by atoms with van der Waals surface area (Å²) in [4.78, 5) is 15.0. The van der Waals surface area contributed by atoms with E-state index in [2.05, 4.69) is 26.2 Å². The lowest BCUT2D eigenvalue weighted by molar-refractivity contribution is -0.385. The van der Waals surface area contributed by atoms with Gasteiger partial charge in [-0.1, -0.05) is 0 Å². The molecule has 0 atom stereocenters. The van der Waals surface area contributed by atoms with E-state index in [4.69, 9.17) is 5.26 Å². The van der Waals surface area contributed by atoms with Crippen molar-refractivity contribution in [1.82, 2.24) is 4.98 Å². The fourth-order valence-corrected chi connectivity index (χ4v) is 2.83. The Hall–Kier alpha value is -1.98. The standard InChI is InChI=1S/C11H7BrN4O2S/c12-9-1-2-19-10(9)6-15-11-7(4-13)3-8(5-14-11)16(17)18/h1-3,5H,6H2,(H,14,15). The molecular weight excluding hydrogens is 332 g/mol. The van der Waals surface area contributed by atoms with Gasteiger partial charge in [0.25, 0.3) is 5.69 Å². The summed E-state index contributed by atoms with van der Waals surface area (Å²) in [6.07, 6.45) is 1.13. The minimum atomic E-state index is -0.576. The average molecular weight is 339 g/mol. The molecule has 8 heteroatoms. The number of nitrogens with one attached hydrogen (secondary N) is 1. The van der Waals surface area contributed by atoms with Gasteiger partial charge >= 0.3 is 0 Å². The molecule has 0 radical (unpaired) electrons. The molecule has 6 nitrogen and oxygen atoms in total. The topological polar surface area (TPSA) is 91.8 Å². The van der Waals surface area contributed by atoms with Crippen molar-refractivity contribution >= 4 is 38.8 Å². The fourth-order valence-electron chi connectivity index (χ4n) is 1.39. The number of nitrogens with zero attached hydrogens (tertiary/aromatic N) is 3. The van der Waals surface area contributed by atoms with Crippen LogP contribution in [0.25, 0.3) is 0 Å². The van der Waals surface area contributed by atoms with Crippen LogP contribution in [0, 0.1) is 21.4 Å². The van der Waals surface area contributed by atoms with E-state index in [0.717, 1.165) is 15.5 Å². The third-order valence-electron chi connectivity index (χ3n) is 2.31. The van der Waals surface area contributed by atoms with Gasteiger partial charge in [-0.3, -0.25) is 10.1 Å². The Bertz CT molecular complexity index is 665. The van der Waals surface area contributed by atoms with E-state index in [-0.39, 0.29) is 11.3 Å². The largest absolute Gasteiger partial charge is 0.364 e. The van der Waals surface area contributed by atoms with Gasteiger partial charge in [-0.2, -0.15) is 5.26 Å². The molecule has 2 heterocycles. The Morgan fingerprint density at radius 2 is 2.42 bits per heavy atom. The highest BCUT2D eigenvalue weighted by Crippen LogP contribution is 2.24. The zero-order valence-corrected chi connectivity index (χ0v) is 11.9. The molecule has 2 aromatic heterocycles. The van der Waals surface area contributed by atoms with Crippen LogP contribution in [0.15, 0.2) is 28.2 Å². The summed E-state index contributed by atoms with van der Waals surface area (Å²) < 4.78 is 0.977. The zero-order valence-electron chi connectivity index (χ0n) is 9.46. The van der Waals surface area contributed by atoms with Crippen LogP contribution in [0.5, 0.6) is 0 Å². The first-order chi connectivity index (χ1) is 9.11. The normalized spacial score (nSPS) is 9.89. The van der Waals surface area contributed by atoms with Crippen LogP contribution < -0.4 is 5.32 Å². The number of aromatic nitrogens is 1. The van der Waals surface area contributed by atoms with Gasteiger partial charge in [0.15, 0.2) is 0 Å². The second-order valence-corrected chi connectivity index (χ2v) is 5.36. The lowest BCUT2D eigenvalue weighted by atomic mass is 10.2. The summed E-state index contributed by atoms with van der Waals surface area (Å²) in [6, 6.07) is 5.03. The Morgan fingerprint density at radius 3 is 3.00 bits per heavy atom. The molecule has 0 fully saturated rings. The Kier molecular flexibility index (Phi) is 4.09. The number of thiophene rings is 1. The van der Waals surface area contributed by atoms with Crippen LogP contribution in [-0.2, 0) is 6.54 Å². The fraction of sp³-hybridized carbons (Fsp3) is 0.0909. The van der Waals surface area contributed by atoms with E-state index < -0.39 is 4.92 Å². The highest BCUT2D eigenvalue weighted by atomic mass is 79.9. The first kappa shape index (κ1) is 13.5. The van der Waals surface area contributed by atoms with Crippen molar-refractivity contribution in [2.24, 2.45) is 0 Å². The van der Waals surface area contributed by atoms with Crippen LogP contribution in [0.3, 0.4) is 0 Å². The van der Waals surface area contributed by atoms with E-state index in [1.807, 2.05) is 17.5 Å². The number of hydrogen-bond donors (Lipinski definition) is 1.